The second-order valence-corrected chi connectivity index (χ2v) is 17.3. The smallest absolute Gasteiger partial charge is 0.264 e. The predicted molar refractivity (Wildman–Crippen MR) is 198 cm³/mol. The first-order valence-corrected chi connectivity index (χ1v) is 19.8. The molecule has 2 aromatic heterocycles. The number of likely N-dealkylation sites (tertiary alicyclic amines) is 1. The lowest BCUT2D eigenvalue weighted by molar-refractivity contribution is 0.0471. The highest BCUT2D eigenvalue weighted by Crippen LogP contribution is 2.48. The average molecular weight is 711 g/mol. The molecule has 8 rings (SSSR count). The van der Waals surface area contributed by atoms with Gasteiger partial charge >= 0.3 is 0 Å². The summed E-state index contributed by atoms with van der Waals surface area (Å²) < 4.78 is 41.8. The van der Waals surface area contributed by atoms with Crippen LogP contribution in [-0.2, 0) is 16.6 Å². The minimum atomic E-state index is -3.83. The number of hydrogen-bond donors (Lipinski definition) is 1. The Morgan fingerprint density at radius 1 is 0.961 bits per heavy atom. The molecule has 4 aliphatic rings. The normalized spacial score (nSPS) is 21.0. The van der Waals surface area contributed by atoms with Crippen LogP contribution in [0.2, 0.25) is 0 Å². The Labute approximate surface area is 299 Å². The first-order valence-electron chi connectivity index (χ1n) is 18.2. The lowest BCUT2D eigenvalue weighted by atomic mass is 9.81. The summed E-state index contributed by atoms with van der Waals surface area (Å²) in [4.78, 5) is 32.2. The quantitative estimate of drug-likeness (QED) is 0.222. The van der Waals surface area contributed by atoms with Gasteiger partial charge in [0.1, 0.15) is 11.5 Å². The van der Waals surface area contributed by atoms with Crippen LogP contribution < -0.4 is 9.46 Å². The molecular formula is C40H46N4O6S. The fraction of sp³-hybridized carbons (Fsp3) is 0.450. The summed E-state index contributed by atoms with van der Waals surface area (Å²) in [5, 5.41) is 0.299. The second kappa shape index (κ2) is 13.0. The number of fused-ring (bicyclic) bond motifs is 7. The number of nitrogens with one attached hydrogen (secondary N) is 1. The fourth-order valence-corrected chi connectivity index (χ4v) is 9.55. The number of amides is 2. The number of allylic oxidation sites excluding steroid dienone is 1. The molecule has 1 aliphatic carbocycles. The molecule has 0 radical (unpaired) electrons. The van der Waals surface area contributed by atoms with E-state index in [0.717, 1.165) is 90.7 Å². The first-order chi connectivity index (χ1) is 24.5. The van der Waals surface area contributed by atoms with E-state index in [1.807, 2.05) is 24.3 Å². The van der Waals surface area contributed by atoms with Gasteiger partial charge < -0.3 is 23.5 Å². The van der Waals surface area contributed by atoms with Gasteiger partial charge in [-0.2, -0.15) is 0 Å². The van der Waals surface area contributed by atoms with E-state index in [0.29, 0.717) is 23.8 Å². The maximum absolute atomic E-state index is 14.4. The van der Waals surface area contributed by atoms with Crippen molar-refractivity contribution in [2.24, 2.45) is 0 Å². The molecule has 2 aromatic carbocycles. The van der Waals surface area contributed by atoms with Crippen LogP contribution in [0.1, 0.15) is 102 Å². The molecule has 2 atom stereocenters. The molecule has 2 saturated heterocycles. The highest BCUT2D eigenvalue weighted by molar-refractivity contribution is 7.90. The zero-order valence-electron chi connectivity index (χ0n) is 29.8. The summed E-state index contributed by atoms with van der Waals surface area (Å²) >= 11 is 0. The number of nitrogens with zero attached hydrogens (tertiary/aromatic N) is 3. The van der Waals surface area contributed by atoms with E-state index in [9.17, 15) is 18.0 Å². The highest BCUT2D eigenvalue weighted by atomic mass is 32.2. The Morgan fingerprint density at radius 3 is 2.41 bits per heavy atom. The van der Waals surface area contributed by atoms with Crippen molar-refractivity contribution >= 4 is 44.4 Å². The van der Waals surface area contributed by atoms with Crippen molar-refractivity contribution in [1.29, 1.82) is 0 Å². The van der Waals surface area contributed by atoms with Gasteiger partial charge in [0.15, 0.2) is 0 Å². The number of carbonyl (C=O) groups is 2. The van der Waals surface area contributed by atoms with E-state index in [1.165, 1.54) is 12.0 Å². The number of sulfonamides is 1. The molecule has 5 heterocycles. The summed E-state index contributed by atoms with van der Waals surface area (Å²) in [7, 11) is -0.0439. The van der Waals surface area contributed by atoms with E-state index >= 15 is 0 Å². The number of likely N-dealkylation sites (N-methyl/N-ethyl adjacent to an activating group) is 1. The van der Waals surface area contributed by atoms with Gasteiger partial charge in [0.25, 0.3) is 11.8 Å². The highest BCUT2D eigenvalue weighted by Gasteiger charge is 2.43. The van der Waals surface area contributed by atoms with E-state index in [2.05, 4.69) is 38.3 Å². The van der Waals surface area contributed by atoms with Crippen LogP contribution in [0.15, 0.2) is 53.1 Å². The third-order valence-corrected chi connectivity index (χ3v) is 13.2. The maximum atomic E-state index is 14.4. The van der Waals surface area contributed by atoms with Crippen molar-refractivity contribution in [3.63, 3.8) is 0 Å². The molecule has 0 spiro atoms. The van der Waals surface area contributed by atoms with Crippen molar-refractivity contribution < 1.29 is 27.2 Å². The molecule has 268 valence electrons. The van der Waals surface area contributed by atoms with Gasteiger partial charge in [-0.25, -0.2) is 13.1 Å². The van der Waals surface area contributed by atoms with E-state index < -0.39 is 21.2 Å². The van der Waals surface area contributed by atoms with Crippen LogP contribution in [0.25, 0.3) is 33.8 Å². The molecule has 1 saturated carbocycles. The molecule has 2 bridgehead atoms. The van der Waals surface area contributed by atoms with Crippen molar-refractivity contribution in [2.75, 3.05) is 27.2 Å². The molecule has 10 nitrogen and oxygen atoms in total. The van der Waals surface area contributed by atoms with Crippen molar-refractivity contribution in [1.82, 2.24) is 19.1 Å². The van der Waals surface area contributed by atoms with Crippen LogP contribution in [-0.4, -0.2) is 79.2 Å². The lowest BCUT2D eigenvalue weighted by Gasteiger charge is -2.39. The number of furan rings is 1. The Kier molecular flexibility index (Phi) is 8.61. The van der Waals surface area contributed by atoms with Gasteiger partial charge in [-0.05, 0) is 106 Å². The van der Waals surface area contributed by atoms with Gasteiger partial charge in [-0.1, -0.05) is 25.3 Å². The fourth-order valence-electron chi connectivity index (χ4n) is 8.94. The zero-order valence-corrected chi connectivity index (χ0v) is 30.6. The van der Waals surface area contributed by atoms with Crippen molar-refractivity contribution in [3.05, 3.63) is 76.7 Å². The summed E-state index contributed by atoms with van der Waals surface area (Å²) in [6.07, 6.45) is 11.4. The van der Waals surface area contributed by atoms with Crippen LogP contribution in [0.3, 0.4) is 0 Å². The van der Waals surface area contributed by atoms with Crippen LogP contribution in [0, 0.1) is 0 Å². The number of benzene rings is 2. The Hall–Kier alpha value is -4.35. The Morgan fingerprint density at radius 2 is 1.71 bits per heavy atom. The number of rotatable bonds is 7. The van der Waals surface area contributed by atoms with Gasteiger partial charge in [0.2, 0.25) is 10.0 Å². The number of piperazine rings is 1. The van der Waals surface area contributed by atoms with Gasteiger partial charge in [-0.3, -0.25) is 9.59 Å². The summed E-state index contributed by atoms with van der Waals surface area (Å²) in [5.41, 5.74) is 6.81. The zero-order chi connectivity index (χ0) is 35.6. The number of hydrogen-bond acceptors (Lipinski definition) is 7. The number of aromatic nitrogens is 1. The van der Waals surface area contributed by atoms with Crippen LogP contribution in [0.5, 0.6) is 5.75 Å². The standard InChI is InChI=1S/C40H46N4O6S/c1-24(2)51(47,48)41-39(45)26-10-14-33-35(20-26)43-21-28(38-34(16-17-50-38)40(46)44-29-11-12-30(44)23-42(3)22-29)18-27-19-31(49-4)13-15-32(27)37(43)36(33)25-8-6-5-7-9-25/h10,13-20,24-25,29-30H,5-9,11-12,21-23H2,1-4H3,(H,41,45). The average Bonchev–Trinajstić information content (AvgIpc) is 3.77. The number of carbonyl (C=O) groups excluding carboxylic acids is 2. The molecule has 11 heteroatoms. The molecular weight excluding hydrogens is 665 g/mol. The Bertz CT molecular complexity index is 2160. The van der Waals surface area contributed by atoms with Crippen molar-refractivity contribution in [2.45, 2.75) is 88.6 Å². The van der Waals surface area contributed by atoms with Crippen molar-refractivity contribution in [3.8, 4) is 17.0 Å². The second-order valence-electron chi connectivity index (χ2n) is 15.0. The van der Waals surface area contributed by atoms with Gasteiger partial charge in [0, 0.05) is 52.8 Å². The third-order valence-electron chi connectivity index (χ3n) is 11.5. The third kappa shape index (κ3) is 5.88. The minimum absolute atomic E-state index is 0.00108. The van der Waals surface area contributed by atoms with Gasteiger partial charge in [-0.15, -0.1) is 0 Å². The predicted octanol–water partition coefficient (Wildman–Crippen LogP) is 6.90. The topological polar surface area (TPSA) is 114 Å². The van der Waals surface area contributed by atoms with Crippen LogP contribution in [0.4, 0.5) is 0 Å². The molecule has 2 amide bonds. The summed E-state index contributed by atoms with van der Waals surface area (Å²) in [6.45, 7) is 5.20. The van der Waals surface area contributed by atoms with E-state index in [4.69, 9.17) is 9.15 Å². The molecule has 1 N–H and O–H groups in total. The minimum Gasteiger partial charge on any atom is -0.497 e. The molecule has 4 aromatic rings. The van der Waals surface area contributed by atoms with Crippen LogP contribution >= 0.6 is 0 Å². The number of methoxy groups -OCH3 is 1. The molecule has 2 unspecified atom stereocenters. The largest absolute Gasteiger partial charge is 0.497 e. The Balaban J connectivity index is 1.30. The van der Waals surface area contributed by atoms with E-state index in [-0.39, 0.29) is 23.6 Å². The molecule has 51 heavy (non-hydrogen) atoms. The molecule has 3 aliphatic heterocycles. The lowest BCUT2D eigenvalue weighted by Crippen LogP contribution is -2.54. The molecule has 3 fully saturated rings. The maximum Gasteiger partial charge on any atom is 0.264 e. The summed E-state index contributed by atoms with van der Waals surface area (Å²) in [6, 6.07) is 13.8. The number of ether oxygens (including phenoxy) is 1. The van der Waals surface area contributed by atoms with E-state index in [1.54, 1.807) is 39.4 Å². The SMILES string of the molecule is COc1ccc2c(c1)C=C(c1occc1C(=O)N1C3CCC1CN(C)C3)Cn1c-2c(C2CCCCC2)c2ccc(C(=O)NS(=O)(=O)C(C)C)cc21. The summed E-state index contributed by atoms with van der Waals surface area (Å²) in [5.74, 6) is 0.932. The monoisotopic (exact) mass is 710 g/mol. The first kappa shape index (κ1) is 33.8. The van der Waals surface area contributed by atoms with Gasteiger partial charge in [0.05, 0.1) is 36.4 Å².